The minimum atomic E-state index is -0.622. The van der Waals surface area contributed by atoms with Gasteiger partial charge in [-0.2, -0.15) is 0 Å². The van der Waals surface area contributed by atoms with E-state index >= 15 is 0 Å². The summed E-state index contributed by atoms with van der Waals surface area (Å²) in [4.78, 5) is 42.3. The van der Waals surface area contributed by atoms with Gasteiger partial charge in [-0.1, -0.05) is 19.1 Å². The Kier molecular flexibility index (Phi) is 6.78. The van der Waals surface area contributed by atoms with Gasteiger partial charge in [0.15, 0.2) is 0 Å². The van der Waals surface area contributed by atoms with Crippen LogP contribution in [0, 0.1) is 31.6 Å². The zero-order valence-electron chi connectivity index (χ0n) is 19.9. The van der Waals surface area contributed by atoms with Gasteiger partial charge in [-0.3, -0.25) is 14.4 Å². The van der Waals surface area contributed by atoms with Crippen LogP contribution in [0.2, 0.25) is 0 Å². The molecule has 33 heavy (non-hydrogen) atoms. The van der Waals surface area contributed by atoms with Crippen molar-refractivity contribution in [3.63, 3.8) is 0 Å². The highest BCUT2D eigenvalue weighted by molar-refractivity contribution is 8.02. The number of nitrogens with one attached hydrogen (secondary N) is 2. The summed E-state index contributed by atoms with van der Waals surface area (Å²) in [6, 6.07) is 5.33. The van der Waals surface area contributed by atoms with Crippen molar-refractivity contribution in [3.8, 4) is 0 Å². The molecule has 3 heterocycles. The van der Waals surface area contributed by atoms with Crippen molar-refractivity contribution >= 4 is 35.2 Å². The SMILES string of the molecule is CNC(=O)[C@@H]1[C@@H]2CC(C)C3(S2)C(C(=O)Nc2cc(C)ccc2C)N(CCCCCO)C(=O)[C@H]13. The summed E-state index contributed by atoms with van der Waals surface area (Å²) in [7, 11) is 1.62. The van der Waals surface area contributed by atoms with Crippen molar-refractivity contribution in [2.24, 2.45) is 17.8 Å². The number of unbranched alkanes of at least 4 members (excludes halogenated alkanes) is 2. The molecule has 3 amide bonds. The van der Waals surface area contributed by atoms with E-state index in [2.05, 4.69) is 17.6 Å². The molecule has 3 saturated heterocycles. The van der Waals surface area contributed by atoms with E-state index in [1.165, 1.54) is 0 Å². The Morgan fingerprint density at radius 2 is 1.97 bits per heavy atom. The van der Waals surface area contributed by atoms with Crippen LogP contribution in [0.1, 0.15) is 43.7 Å². The number of aryl methyl sites for hydroxylation is 2. The molecule has 6 atom stereocenters. The number of thioether (sulfide) groups is 1. The predicted octanol–water partition coefficient (Wildman–Crippen LogP) is 2.49. The van der Waals surface area contributed by atoms with Crippen molar-refractivity contribution in [3.05, 3.63) is 29.3 Å². The van der Waals surface area contributed by atoms with Gasteiger partial charge in [0.05, 0.1) is 16.6 Å². The first-order chi connectivity index (χ1) is 15.8. The van der Waals surface area contributed by atoms with Crippen molar-refractivity contribution in [2.45, 2.75) is 62.5 Å². The minimum Gasteiger partial charge on any atom is -0.396 e. The summed E-state index contributed by atoms with van der Waals surface area (Å²) in [5.74, 6) is -1.07. The van der Waals surface area contributed by atoms with Crippen molar-refractivity contribution in [1.82, 2.24) is 10.2 Å². The quantitative estimate of drug-likeness (QED) is 0.504. The number of hydrogen-bond donors (Lipinski definition) is 3. The minimum absolute atomic E-state index is 0.0569. The van der Waals surface area contributed by atoms with Gasteiger partial charge in [-0.15, -0.1) is 11.8 Å². The van der Waals surface area contributed by atoms with Crippen LogP contribution in [0.15, 0.2) is 18.2 Å². The average molecular weight is 474 g/mol. The van der Waals surface area contributed by atoms with E-state index in [1.807, 2.05) is 32.0 Å². The molecule has 180 valence electrons. The summed E-state index contributed by atoms with van der Waals surface area (Å²) < 4.78 is -0.599. The van der Waals surface area contributed by atoms with Crippen molar-refractivity contribution in [2.75, 3.05) is 25.5 Å². The smallest absolute Gasteiger partial charge is 0.248 e. The molecule has 3 aliphatic rings. The second-order valence-corrected chi connectivity index (χ2v) is 11.3. The Morgan fingerprint density at radius 1 is 1.21 bits per heavy atom. The fourth-order valence-electron chi connectivity index (χ4n) is 6.17. The van der Waals surface area contributed by atoms with Crippen molar-refractivity contribution < 1.29 is 19.5 Å². The number of benzene rings is 1. The lowest BCUT2D eigenvalue weighted by molar-refractivity contribution is -0.139. The van der Waals surface area contributed by atoms with Crippen molar-refractivity contribution in [1.29, 1.82) is 0 Å². The fourth-order valence-corrected chi connectivity index (χ4v) is 8.59. The molecule has 0 radical (unpaired) electrons. The number of amides is 3. The number of carbonyl (C=O) groups excluding carboxylic acids is 3. The summed E-state index contributed by atoms with van der Waals surface area (Å²) in [6.45, 7) is 6.65. The third-order valence-corrected chi connectivity index (χ3v) is 9.83. The van der Waals surface area contributed by atoms with Gasteiger partial charge in [0.25, 0.3) is 0 Å². The standard InChI is InChI=1S/C25H35N3O4S/c1-14-8-9-15(2)17(12-14)27-23(31)21-25-16(3)13-18(33-25)19(22(30)26-4)20(25)24(32)28(21)10-6-5-7-11-29/h8-9,12,16,18-21,29H,5-7,10-11,13H2,1-4H3,(H,26,30)(H,27,31)/t16?,18-,19+,20-,21?,25?/m0/s1. The molecule has 1 aromatic rings. The van der Waals surface area contributed by atoms with E-state index in [9.17, 15) is 14.4 Å². The van der Waals surface area contributed by atoms with Gasteiger partial charge in [0.1, 0.15) is 6.04 Å². The Bertz CT molecular complexity index is 954. The molecule has 2 bridgehead atoms. The summed E-state index contributed by atoms with van der Waals surface area (Å²) >= 11 is 1.69. The van der Waals surface area contributed by atoms with E-state index in [1.54, 1.807) is 23.7 Å². The van der Waals surface area contributed by atoms with Gasteiger partial charge in [-0.25, -0.2) is 0 Å². The monoisotopic (exact) mass is 473 g/mol. The first-order valence-corrected chi connectivity index (χ1v) is 12.8. The third-order valence-electron chi connectivity index (χ3n) is 7.75. The first kappa shape index (κ1) is 24.1. The number of fused-ring (bicyclic) bond motifs is 1. The molecule has 4 rings (SSSR count). The van der Waals surface area contributed by atoms with Crippen LogP contribution in [-0.4, -0.2) is 64.0 Å². The Morgan fingerprint density at radius 3 is 2.67 bits per heavy atom. The second-order valence-electron chi connectivity index (χ2n) is 9.79. The molecular formula is C25H35N3O4S. The summed E-state index contributed by atoms with van der Waals surface area (Å²) in [5.41, 5.74) is 2.79. The molecule has 1 aromatic carbocycles. The zero-order valence-corrected chi connectivity index (χ0v) is 20.7. The molecule has 0 saturated carbocycles. The lowest BCUT2D eigenvalue weighted by Crippen LogP contribution is -2.55. The number of hydrogen-bond acceptors (Lipinski definition) is 5. The van der Waals surface area contributed by atoms with Crippen LogP contribution in [0.5, 0.6) is 0 Å². The number of rotatable bonds is 8. The highest BCUT2D eigenvalue weighted by Crippen LogP contribution is 2.68. The Hall–Kier alpha value is -2.06. The average Bonchev–Trinajstić information content (AvgIpc) is 3.37. The maximum Gasteiger partial charge on any atom is 0.248 e. The number of anilines is 1. The topological polar surface area (TPSA) is 98.7 Å². The van der Waals surface area contributed by atoms with Crippen LogP contribution in [0.3, 0.4) is 0 Å². The molecule has 3 N–H and O–H groups in total. The number of aliphatic hydroxyl groups is 1. The Labute approximate surface area is 200 Å². The Balaban J connectivity index is 1.70. The van der Waals surface area contributed by atoms with Crippen LogP contribution in [-0.2, 0) is 14.4 Å². The number of nitrogens with zero attached hydrogens (tertiary/aromatic N) is 1. The molecule has 7 nitrogen and oxygen atoms in total. The molecule has 3 unspecified atom stereocenters. The second kappa shape index (κ2) is 9.29. The van der Waals surface area contributed by atoms with E-state index in [4.69, 9.17) is 5.11 Å². The van der Waals surface area contributed by atoms with Gasteiger partial charge < -0.3 is 20.6 Å². The maximum atomic E-state index is 13.9. The van der Waals surface area contributed by atoms with Gasteiger partial charge in [-0.05, 0) is 62.6 Å². The fraction of sp³-hybridized carbons (Fsp3) is 0.640. The summed E-state index contributed by atoms with van der Waals surface area (Å²) in [6.07, 6.45) is 3.01. The normalized spacial score (nSPS) is 32.2. The highest BCUT2D eigenvalue weighted by atomic mass is 32.2. The van der Waals surface area contributed by atoms with Crippen LogP contribution >= 0.6 is 11.8 Å². The first-order valence-electron chi connectivity index (χ1n) is 11.9. The highest BCUT2D eigenvalue weighted by Gasteiger charge is 2.75. The molecule has 8 heteroatoms. The van der Waals surface area contributed by atoms with E-state index in [0.29, 0.717) is 13.0 Å². The molecule has 1 spiro atoms. The van der Waals surface area contributed by atoms with E-state index < -0.39 is 22.6 Å². The molecule has 0 aromatic heterocycles. The van der Waals surface area contributed by atoms with Gasteiger partial charge in [0, 0.05) is 31.1 Å². The number of carbonyl (C=O) groups is 3. The van der Waals surface area contributed by atoms with E-state index in [0.717, 1.165) is 36.1 Å². The molecule has 0 aliphatic carbocycles. The third kappa shape index (κ3) is 3.85. The van der Waals surface area contributed by atoms with Gasteiger partial charge >= 0.3 is 0 Å². The summed E-state index contributed by atoms with van der Waals surface area (Å²) in [5, 5.41) is 15.1. The molecular weight excluding hydrogens is 438 g/mol. The molecule has 3 aliphatic heterocycles. The molecule has 3 fully saturated rings. The lowest BCUT2D eigenvalue weighted by atomic mass is 9.66. The van der Waals surface area contributed by atoms with E-state index in [-0.39, 0.29) is 35.5 Å². The number of likely N-dealkylation sites (tertiary alicyclic amines) is 1. The number of aliphatic hydroxyl groups excluding tert-OH is 1. The van der Waals surface area contributed by atoms with Gasteiger partial charge in [0.2, 0.25) is 17.7 Å². The largest absolute Gasteiger partial charge is 0.396 e. The maximum absolute atomic E-state index is 13.9. The van der Waals surface area contributed by atoms with Crippen LogP contribution in [0.4, 0.5) is 5.69 Å². The predicted molar refractivity (Wildman–Crippen MR) is 130 cm³/mol. The zero-order chi connectivity index (χ0) is 23.9. The lowest BCUT2D eigenvalue weighted by Gasteiger charge is -2.38. The van der Waals surface area contributed by atoms with Crippen LogP contribution < -0.4 is 10.6 Å². The van der Waals surface area contributed by atoms with Crippen LogP contribution in [0.25, 0.3) is 0 Å².